The third kappa shape index (κ3) is 3.78. The molecule has 124 valence electrons. The summed E-state index contributed by atoms with van der Waals surface area (Å²) in [7, 11) is 3.06. The van der Waals surface area contributed by atoms with Gasteiger partial charge < -0.3 is 23.9 Å². The molecule has 0 saturated carbocycles. The fourth-order valence-corrected chi connectivity index (χ4v) is 1.94. The SMILES string of the molecule is CCOC(=O)c1nc2cc(OC)c(OCCOC)cc2[nH]c1=O. The zero-order valence-corrected chi connectivity index (χ0v) is 13.2. The van der Waals surface area contributed by atoms with E-state index in [1.165, 1.54) is 7.11 Å². The third-order valence-electron chi connectivity index (χ3n) is 2.99. The van der Waals surface area contributed by atoms with Crippen LogP contribution in [0, 0.1) is 0 Å². The standard InChI is InChI=1S/C15H18N2O6/c1-4-22-15(19)13-14(18)17-10-8-12(23-6-5-20-2)11(21-3)7-9(10)16-13/h7-8H,4-6H2,1-3H3,(H,17,18). The van der Waals surface area contributed by atoms with Crippen molar-refractivity contribution in [3.05, 3.63) is 28.2 Å². The average molecular weight is 322 g/mol. The van der Waals surface area contributed by atoms with Crippen LogP contribution < -0.4 is 15.0 Å². The van der Waals surface area contributed by atoms with Crippen molar-refractivity contribution in [1.82, 2.24) is 9.97 Å². The normalized spacial score (nSPS) is 10.6. The minimum atomic E-state index is -0.768. The monoisotopic (exact) mass is 322 g/mol. The third-order valence-corrected chi connectivity index (χ3v) is 2.99. The van der Waals surface area contributed by atoms with E-state index in [0.29, 0.717) is 35.7 Å². The van der Waals surface area contributed by atoms with Gasteiger partial charge in [-0.15, -0.1) is 0 Å². The van der Waals surface area contributed by atoms with E-state index in [1.54, 1.807) is 26.2 Å². The van der Waals surface area contributed by atoms with E-state index in [1.807, 2.05) is 0 Å². The number of benzene rings is 1. The molecule has 23 heavy (non-hydrogen) atoms. The van der Waals surface area contributed by atoms with Crippen LogP contribution >= 0.6 is 0 Å². The summed E-state index contributed by atoms with van der Waals surface area (Å²) >= 11 is 0. The first kappa shape index (κ1) is 16.8. The Balaban J connectivity index is 2.45. The lowest BCUT2D eigenvalue weighted by Gasteiger charge is -2.11. The van der Waals surface area contributed by atoms with Crippen molar-refractivity contribution in [2.24, 2.45) is 0 Å². The summed E-state index contributed by atoms with van der Waals surface area (Å²) in [6, 6.07) is 3.17. The highest BCUT2D eigenvalue weighted by Crippen LogP contribution is 2.30. The van der Waals surface area contributed by atoms with Crippen molar-refractivity contribution >= 4 is 17.0 Å². The van der Waals surface area contributed by atoms with Gasteiger partial charge in [0.1, 0.15) is 6.61 Å². The topological polar surface area (TPSA) is 99.7 Å². The van der Waals surface area contributed by atoms with E-state index in [4.69, 9.17) is 18.9 Å². The number of fused-ring (bicyclic) bond motifs is 1. The van der Waals surface area contributed by atoms with Crippen LogP contribution in [-0.4, -0.2) is 50.0 Å². The van der Waals surface area contributed by atoms with Gasteiger partial charge in [0, 0.05) is 19.2 Å². The largest absolute Gasteiger partial charge is 0.493 e. The molecule has 0 spiro atoms. The maximum atomic E-state index is 12.0. The van der Waals surface area contributed by atoms with Gasteiger partial charge in [-0.2, -0.15) is 0 Å². The van der Waals surface area contributed by atoms with E-state index in [0.717, 1.165) is 0 Å². The van der Waals surface area contributed by atoms with Crippen molar-refractivity contribution < 1.29 is 23.7 Å². The number of methoxy groups -OCH3 is 2. The van der Waals surface area contributed by atoms with E-state index in [2.05, 4.69) is 9.97 Å². The van der Waals surface area contributed by atoms with Crippen molar-refractivity contribution in [3.8, 4) is 11.5 Å². The van der Waals surface area contributed by atoms with Gasteiger partial charge in [-0.1, -0.05) is 0 Å². The first-order valence-electron chi connectivity index (χ1n) is 7.01. The quantitative estimate of drug-likeness (QED) is 0.602. The highest BCUT2D eigenvalue weighted by Gasteiger charge is 2.17. The summed E-state index contributed by atoms with van der Waals surface area (Å²) < 4.78 is 20.5. The van der Waals surface area contributed by atoms with Gasteiger partial charge in [0.2, 0.25) is 5.69 Å². The Kier molecular flexibility index (Phi) is 5.53. The van der Waals surface area contributed by atoms with Crippen molar-refractivity contribution in [2.75, 3.05) is 34.0 Å². The summed E-state index contributed by atoms with van der Waals surface area (Å²) in [4.78, 5) is 30.4. The summed E-state index contributed by atoms with van der Waals surface area (Å²) in [6.45, 7) is 2.56. The zero-order chi connectivity index (χ0) is 16.8. The van der Waals surface area contributed by atoms with Gasteiger partial charge in [-0.3, -0.25) is 4.79 Å². The van der Waals surface area contributed by atoms with Crippen LogP contribution in [0.1, 0.15) is 17.4 Å². The molecule has 2 aromatic rings. The van der Waals surface area contributed by atoms with Crippen LogP contribution in [0.25, 0.3) is 11.0 Å². The first-order chi connectivity index (χ1) is 11.1. The number of H-pyrrole nitrogens is 1. The lowest BCUT2D eigenvalue weighted by Crippen LogP contribution is -2.22. The molecule has 0 unspecified atom stereocenters. The van der Waals surface area contributed by atoms with Crippen molar-refractivity contribution in [3.63, 3.8) is 0 Å². The molecule has 8 nitrogen and oxygen atoms in total. The maximum Gasteiger partial charge on any atom is 0.362 e. The molecule has 0 aliphatic carbocycles. The van der Waals surface area contributed by atoms with Crippen LogP contribution in [-0.2, 0) is 9.47 Å². The smallest absolute Gasteiger partial charge is 0.362 e. The molecule has 1 aromatic carbocycles. The maximum absolute atomic E-state index is 12.0. The molecule has 1 N–H and O–H groups in total. The van der Waals surface area contributed by atoms with Gasteiger partial charge in [0.05, 0.1) is 31.4 Å². The number of aromatic amines is 1. The van der Waals surface area contributed by atoms with Gasteiger partial charge in [0.25, 0.3) is 5.56 Å². The molecule has 0 radical (unpaired) electrons. The number of nitrogens with one attached hydrogen (secondary N) is 1. The molecule has 1 aromatic heterocycles. The highest BCUT2D eigenvalue weighted by molar-refractivity contribution is 5.90. The number of hydrogen-bond donors (Lipinski definition) is 1. The molecular weight excluding hydrogens is 304 g/mol. The fraction of sp³-hybridized carbons (Fsp3) is 0.400. The summed E-state index contributed by atoms with van der Waals surface area (Å²) in [5.41, 5.74) is -0.0988. The van der Waals surface area contributed by atoms with Gasteiger partial charge in [-0.05, 0) is 6.92 Å². The van der Waals surface area contributed by atoms with Crippen LogP contribution in [0.3, 0.4) is 0 Å². The summed E-state index contributed by atoms with van der Waals surface area (Å²) in [5.74, 6) is 0.108. The minimum absolute atomic E-state index is 0.160. The Morgan fingerprint density at radius 3 is 2.65 bits per heavy atom. The molecule has 1 heterocycles. The zero-order valence-electron chi connectivity index (χ0n) is 13.2. The molecule has 0 bridgehead atoms. The van der Waals surface area contributed by atoms with Gasteiger partial charge >= 0.3 is 5.97 Å². The van der Waals surface area contributed by atoms with Crippen LogP contribution in [0.15, 0.2) is 16.9 Å². The average Bonchev–Trinajstić information content (AvgIpc) is 2.54. The number of esters is 1. The number of carbonyl (C=O) groups excluding carboxylic acids is 1. The van der Waals surface area contributed by atoms with Gasteiger partial charge in [0.15, 0.2) is 11.5 Å². The Morgan fingerprint density at radius 1 is 1.22 bits per heavy atom. The molecule has 2 rings (SSSR count). The lowest BCUT2D eigenvalue weighted by molar-refractivity contribution is 0.0517. The van der Waals surface area contributed by atoms with Crippen LogP contribution in [0.4, 0.5) is 0 Å². The summed E-state index contributed by atoms with van der Waals surface area (Å²) in [6.07, 6.45) is 0. The predicted octanol–water partition coefficient (Wildman–Crippen LogP) is 1.13. The molecule has 0 aliphatic heterocycles. The molecule has 0 fully saturated rings. The van der Waals surface area contributed by atoms with Crippen molar-refractivity contribution in [2.45, 2.75) is 6.92 Å². The second-order valence-electron chi connectivity index (χ2n) is 4.50. The molecule has 0 amide bonds. The lowest BCUT2D eigenvalue weighted by atomic mass is 10.2. The Labute approximate surface area is 132 Å². The van der Waals surface area contributed by atoms with E-state index in [9.17, 15) is 9.59 Å². The van der Waals surface area contributed by atoms with E-state index >= 15 is 0 Å². The molecule has 8 heteroatoms. The van der Waals surface area contributed by atoms with E-state index in [-0.39, 0.29) is 12.3 Å². The number of carbonyl (C=O) groups is 1. The Bertz CT molecular complexity index is 755. The number of nitrogens with zero attached hydrogens (tertiary/aromatic N) is 1. The number of ether oxygens (including phenoxy) is 4. The second kappa shape index (κ2) is 7.59. The Morgan fingerprint density at radius 2 is 2.00 bits per heavy atom. The first-order valence-corrected chi connectivity index (χ1v) is 7.01. The summed E-state index contributed by atoms with van der Waals surface area (Å²) in [5, 5.41) is 0. The number of rotatable bonds is 7. The highest BCUT2D eigenvalue weighted by atomic mass is 16.5. The van der Waals surface area contributed by atoms with E-state index < -0.39 is 11.5 Å². The van der Waals surface area contributed by atoms with Crippen LogP contribution in [0.2, 0.25) is 0 Å². The number of hydrogen-bond acceptors (Lipinski definition) is 7. The van der Waals surface area contributed by atoms with Gasteiger partial charge in [-0.25, -0.2) is 9.78 Å². The number of aromatic nitrogens is 2. The second-order valence-corrected chi connectivity index (χ2v) is 4.50. The molecule has 0 atom stereocenters. The molecular formula is C15H18N2O6. The predicted molar refractivity (Wildman–Crippen MR) is 82.2 cm³/mol. The van der Waals surface area contributed by atoms with Crippen LogP contribution in [0.5, 0.6) is 11.5 Å². The molecule has 0 saturated heterocycles. The minimum Gasteiger partial charge on any atom is -0.493 e. The Hall–Kier alpha value is -2.61. The van der Waals surface area contributed by atoms with Crippen molar-refractivity contribution in [1.29, 1.82) is 0 Å². The fourth-order valence-electron chi connectivity index (χ4n) is 1.94. The molecule has 0 aliphatic rings.